The largest absolute Gasteiger partial charge is 0.309 e. The van der Waals surface area contributed by atoms with E-state index >= 15 is 0 Å². The molecule has 286 valence electrons. The van der Waals surface area contributed by atoms with Crippen LogP contribution in [0.5, 0.6) is 0 Å². The van der Waals surface area contributed by atoms with Gasteiger partial charge < -0.3 is 9.13 Å². The minimum Gasteiger partial charge on any atom is -0.309 e. The molecule has 0 aliphatic heterocycles. The van der Waals surface area contributed by atoms with Gasteiger partial charge in [0.05, 0.1) is 22.2 Å². The lowest BCUT2D eigenvalue weighted by Gasteiger charge is -2.12. The van der Waals surface area contributed by atoms with Crippen molar-refractivity contribution in [2.75, 3.05) is 0 Å². The standard InChI is InChI=1S/C59H40N2/c1-3-55-52(48-24-12-13-27-56(48)60(55)43-18-6-4-7-19-43)34-38(2)39-28-32-57-53(36-39)54-37-41(29-33-58(54)61(57)44-20-8-5-9-21-44)40-16-14-17-42(35-40)45-30-31-51-47-23-11-10-22-46(47)50-26-15-25-49(45)59(50)51/h3-37H,1H2,2H3/b38-34+. The van der Waals surface area contributed by atoms with Gasteiger partial charge >= 0.3 is 0 Å². The van der Waals surface area contributed by atoms with Crippen LogP contribution in [0.3, 0.4) is 0 Å². The molecule has 0 spiro atoms. The second-order valence-electron chi connectivity index (χ2n) is 16.2. The average Bonchev–Trinajstić information content (AvgIpc) is 3.95. The average molecular weight is 777 g/mol. The summed E-state index contributed by atoms with van der Waals surface area (Å²) in [4.78, 5) is 0. The van der Waals surface area contributed by atoms with Crippen LogP contribution in [0.2, 0.25) is 0 Å². The Morgan fingerprint density at radius 3 is 1.74 bits per heavy atom. The predicted molar refractivity (Wildman–Crippen MR) is 260 cm³/mol. The summed E-state index contributed by atoms with van der Waals surface area (Å²) in [7, 11) is 0. The third-order valence-electron chi connectivity index (χ3n) is 12.8. The summed E-state index contributed by atoms with van der Waals surface area (Å²) >= 11 is 0. The van der Waals surface area contributed by atoms with Gasteiger partial charge in [0.2, 0.25) is 0 Å². The fourth-order valence-corrected chi connectivity index (χ4v) is 10.0. The lowest BCUT2D eigenvalue weighted by Crippen LogP contribution is -1.96. The van der Waals surface area contributed by atoms with E-state index in [9.17, 15) is 0 Å². The first-order valence-corrected chi connectivity index (χ1v) is 21.0. The molecule has 1 aliphatic rings. The van der Waals surface area contributed by atoms with Gasteiger partial charge in [0.25, 0.3) is 0 Å². The molecule has 0 unspecified atom stereocenters. The summed E-state index contributed by atoms with van der Waals surface area (Å²) in [6.45, 7) is 6.52. The Balaban J connectivity index is 1.00. The van der Waals surface area contributed by atoms with Crippen LogP contribution in [-0.4, -0.2) is 9.13 Å². The van der Waals surface area contributed by atoms with Crippen LogP contribution < -0.4 is 0 Å². The number of nitrogens with zero attached hydrogens (tertiary/aromatic N) is 2. The molecule has 11 aromatic rings. The lowest BCUT2D eigenvalue weighted by atomic mass is 9.92. The maximum atomic E-state index is 4.29. The van der Waals surface area contributed by atoms with Gasteiger partial charge in [-0.25, -0.2) is 0 Å². The number of fused-ring (bicyclic) bond motifs is 7. The summed E-state index contributed by atoms with van der Waals surface area (Å²) in [5, 5.41) is 6.31. The molecule has 9 aromatic carbocycles. The Morgan fingerprint density at radius 1 is 0.410 bits per heavy atom. The third-order valence-corrected chi connectivity index (χ3v) is 12.8. The highest BCUT2D eigenvalue weighted by molar-refractivity contribution is 6.19. The zero-order valence-corrected chi connectivity index (χ0v) is 33.8. The van der Waals surface area contributed by atoms with Gasteiger partial charge in [0.1, 0.15) is 0 Å². The third kappa shape index (κ3) is 5.43. The predicted octanol–water partition coefficient (Wildman–Crippen LogP) is 16.1. The molecule has 0 saturated heterocycles. The van der Waals surface area contributed by atoms with Gasteiger partial charge in [-0.2, -0.15) is 0 Å². The van der Waals surface area contributed by atoms with Crippen molar-refractivity contribution in [1.82, 2.24) is 9.13 Å². The van der Waals surface area contributed by atoms with Crippen LogP contribution in [0.4, 0.5) is 0 Å². The van der Waals surface area contributed by atoms with Crippen LogP contribution >= 0.6 is 0 Å². The Kier molecular flexibility index (Phi) is 7.95. The van der Waals surface area contributed by atoms with E-state index in [1.54, 1.807) is 0 Å². The zero-order valence-electron chi connectivity index (χ0n) is 33.8. The zero-order chi connectivity index (χ0) is 40.6. The van der Waals surface area contributed by atoms with Crippen LogP contribution in [0.25, 0.3) is 117 Å². The number of benzene rings is 9. The summed E-state index contributed by atoms with van der Waals surface area (Å²) < 4.78 is 4.72. The van der Waals surface area contributed by atoms with Gasteiger partial charge in [0, 0.05) is 33.1 Å². The molecule has 0 saturated carbocycles. The Bertz CT molecular complexity index is 3570. The molecule has 0 atom stereocenters. The Hall–Kier alpha value is -7.94. The van der Waals surface area contributed by atoms with Crippen LogP contribution in [0.15, 0.2) is 207 Å². The van der Waals surface area contributed by atoms with Crippen molar-refractivity contribution in [1.29, 1.82) is 0 Å². The topological polar surface area (TPSA) is 9.86 Å². The molecule has 2 heteroatoms. The summed E-state index contributed by atoms with van der Waals surface area (Å²) in [6, 6.07) is 73.2. The number of hydrogen-bond donors (Lipinski definition) is 0. The highest BCUT2D eigenvalue weighted by Gasteiger charge is 2.23. The number of para-hydroxylation sites is 3. The maximum Gasteiger partial charge on any atom is 0.0541 e. The van der Waals surface area contributed by atoms with Crippen molar-refractivity contribution < 1.29 is 0 Å². The molecule has 2 nitrogen and oxygen atoms in total. The van der Waals surface area contributed by atoms with E-state index in [0.29, 0.717) is 0 Å². The molecule has 2 aromatic heterocycles. The second-order valence-corrected chi connectivity index (χ2v) is 16.2. The van der Waals surface area contributed by atoms with E-state index in [1.807, 2.05) is 6.08 Å². The summed E-state index contributed by atoms with van der Waals surface area (Å²) in [6.07, 6.45) is 4.33. The lowest BCUT2D eigenvalue weighted by molar-refractivity contribution is 1.11. The fourth-order valence-electron chi connectivity index (χ4n) is 10.0. The summed E-state index contributed by atoms with van der Waals surface area (Å²) in [5.41, 5.74) is 20.6. The minimum atomic E-state index is 1.09. The number of hydrogen-bond acceptors (Lipinski definition) is 0. The smallest absolute Gasteiger partial charge is 0.0541 e. The highest BCUT2D eigenvalue weighted by atomic mass is 15.0. The summed E-state index contributed by atoms with van der Waals surface area (Å²) in [5.74, 6) is 0. The molecular weight excluding hydrogens is 737 g/mol. The number of rotatable bonds is 7. The first-order valence-electron chi connectivity index (χ1n) is 21.0. The fraction of sp³-hybridized carbons (Fsp3) is 0.0169. The van der Waals surface area contributed by atoms with Crippen molar-refractivity contribution in [3.63, 3.8) is 0 Å². The molecule has 61 heavy (non-hydrogen) atoms. The van der Waals surface area contributed by atoms with E-state index in [-0.39, 0.29) is 0 Å². The normalized spacial score (nSPS) is 12.2. The molecule has 0 fully saturated rings. The van der Waals surface area contributed by atoms with Crippen LogP contribution in [0, 0.1) is 0 Å². The van der Waals surface area contributed by atoms with E-state index < -0.39 is 0 Å². The monoisotopic (exact) mass is 776 g/mol. The van der Waals surface area contributed by atoms with Gasteiger partial charge in [-0.1, -0.05) is 146 Å². The molecule has 0 amide bonds. The van der Waals surface area contributed by atoms with Gasteiger partial charge in [0.15, 0.2) is 0 Å². The van der Waals surface area contributed by atoms with Crippen molar-refractivity contribution >= 4 is 61.2 Å². The molecule has 1 aliphatic carbocycles. The Morgan fingerprint density at radius 2 is 0.967 bits per heavy atom. The first kappa shape index (κ1) is 35.0. The molecule has 0 bridgehead atoms. The van der Waals surface area contributed by atoms with Crippen LogP contribution in [0.1, 0.15) is 23.7 Å². The quantitative estimate of drug-likeness (QED) is 0.153. The molecule has 0 radical (unpaired) electrons. The maximum absolute atomic E-state index is 4.29. The van der Waals surface area contributed by atoms with Crippen molar-refractivity contribution in [3.8, 4) is 55.9 Å². The van der Waals surface area contributed by atoms with Crippen molar-refractivity contribution in [2.24, 2.45) is 0 Å². The van der Waals surface area contributed by atoms with E-state index in [2.05, 4.69) is 229 Å². The number of allylic oxidation sites excluding steroid dienone is 1. The second kappa shape index (κ2) is 13.8. The minimum absolute atomic E-state index is 1.09. The van der Waals surface area contributed by atoms with Gasteiger partial charge in [-0.15, -0.1) is 0 Å². The van der Waals surface area contributed by atoms with Gasteiger partial charge in [-0.05, 0) is 146 Å². The highest BCUT2D eigenvalue weighted by Crippen LogP contribution is 2.49. The van der Waals surface area contributed by atoms with E-state index in [0.717, 1.165) is 17.1 Å². The molecule has 2 heterocycles. The number of aromatic nitrogens is 2. The van der Waals surface area contributed by atoms with Gasteiger partial charge in [-0.3, -0.25) is 0 Å². The molecule has 12 rings (SSSR count). The van der Waals surface area contributed by atoms with E-state index in [4.69, 9.17) is 0 Å². The van der Waals surface area contributed by atoms with Crippen LogP contribution in [-0.2, 0) is 0 Å². The molecular formula is C59H40N2. The Labute approximate surface area is 355 Å². The first-order chi connectivity index (χ1) is 30.1. The van der Waals surface area contributed by atoms with E-state index in [1.165, 1.54) is 105 Å². The molecule has 0 N–H and O–H groups in total. The van der Waals surface area contributed by atoms with Crippen molar-refractivity contribution in [3.05, 3.63) is 224 Å². The SMILES string of the molecule is C=Cc1c(/C=C(\C)c2ccc3c(c2)c2cc(-c4cccc(-c5ccc6c7c(cccc57)-c5ccccc5-6)c4)ccc2n3-c2ccccc2)c2ccccc2n1-c1ccccc1. The van der Waals surface area contributed by atoms with Crippen molar-refractivity contribution in [2.45, 2.75) is 6.92 Å².